The van der Waals surface area contributed by atoms with Crippen molar-refractivity contribution < 1.29 is 18.0 Å². The Hall–Kier alpha value is -1.11. The molecule has 1 aromatic rings. The third-order valence-corrected chi connectivity index (χ3v) is 3.87. The van der Waals surface area contributed by atoms with Crippen molar-refractivity contribution in [1.82, 2.24) is 9.80 Å². The highest BCUT2D eigenvalue weighted by Crippen LogP contribution is 2.34. The van der Waals surface area contributed by atoms with Crippen LogP contribution in [0.4, 0.5) is 13.2 Å². The first-order valence-corrected chi connectivity index (χ1v) is 6.96. The van der Waals surface area contributed by atoms with Gasteiger partial charge in [-0.1, -0.05) is 6.07 Å². The largest absolute Gasteiger partial charge is 0.416 e. The Kier molecular flexibility index (Phi) is 4.91. The predicted octanol–water partition coefficient (Wildman–Crippen LogP) is 2.83. The van der Waals surface area contributed by atoms with Crippen LogP contribution in [0.1, 0.15) is 21.5 Å². The summed E-state index contributed by atoms with van der Waals surface area (Å²) in [6, 6.07) is 3.55. The second-order valence-electron chi connectivity index (χ2n) is 5.18. The molecule has 0 saturated carbocycles. The molecule has 116 valence electrons. The van der Waals surface area contributed by atoms with Crippen molar-refractivity contribution in [3.63, 3.8) is 0 Å². The Morgan fingerprint density at radius 2 is 1.86 bits per heavy atom. The molecule has 1 aliphatic rings. The van der Waals surface area contributed by atoms with Gasteiger partial charge in [-0.3, -0.25) is 9.69 Å². The lowest BCUT2D eigenvalue weighted by Crippen LogP contribution is -2.44. The molecule has 3 nitrogen and oxygen atoms in total. The monoisotopic (exact) mass is 320 g/mol. The van der Waals surface area contributed by atoms with Crippen molar-refractivity contribution >= 4 is 16.8 Å². The minimum Gasteiger partial charge on any atom is -0.304 e. The van der Waals surface area contributed by atoms with E-state index in [0.29, 0.717) is 13.1 Å². The van der Waals surface area contributed by atoms with Gasteiger partial charge in [-0.25, -0.2) is 0 Å². The summed E-state index contributed by atoms with van der Waals surface area (Å²) < 4.78 is 39.4. The normalized spacial score (nSPS) is 18.0. The summed E-state index contributed by atoms with van der Waals surface area (Å²) in [6.45, 7) is 2.99. The maximum atomic E-state index is 13.1. The van der Waals surface area contributed by atoms with Crippen LogP contribution >= 0.6 is 11.6 Å². The van der Waals surface area contributed by atoms with E-state index in [1.165, 1.54) is 12.1 Å². The Balaban J connectivity index is 2.33. The molecular weight excluding hydrogens is 305 g/mol. The van der Waals surface area contributed by atoms with Crippen LogP contribution in [0, 0.1) is 0 Å². The smallest absolute Gasteiger partial charge is 0.304 e. The third-order valence-electron chi connectivity index (χ3n) is 3.67. The highest BCUT2D eigenvalue weighted by Gasteiger charge is 2.35. The maximum Gasteiger partial charge on any atom is 0.416 e. The standard InChI is InChI=1S/C14H16ClF3N2O/c1-19-5-7-20(8-6-19)9-11-10(13(15)21)3-2-4-12(11)14(16,17)18/h2-4H,5-9H2,1H3. The zero-order chi connectivity index (χ0) is 15.6. The van der Waals surface area contributed by atoms with E-state index < -0.39 is 17.0 Å². The number of alkyl halides is 3. The first kappa shape index (κ1) is 16.3. The predicted molar refractivity (Wildman–Crippen MR) is 74.4 cm³/mol. The van der Waals surface area contributed by atoms with Crippen molar-refractivity contribution in [2.24, 2.45) is 0 Å². The van der Waals surface area contributed by atoms with Crippen LogP contribution in [0.3, 0.4) is 0 Å². The van der Waals surface area contributed by atoms with Gasteiger partial charge in [0.15, 0.2) is 0 Å². The van der Waals surface area contributed by atoms with Crippen molar-refractivity contribution in [2.45, 2.75) is 12.7 Å². The summed E-state index contributed by atoms with van der Waals surface area (Å²) in [7, 11) is 1.97. The summed E-state index contributed by atoms with van der Waals surface area (Å²) in [5.41, 5.74) is -0.882. The van der Waals surface area contributed by atoms with Gasteiger partial charge in [-0.2, -0.15) is 13.2 Å². The van der Waals surface area contributed by atoms with Crippen LogP contribution < -0.4 is 0 Å². The van der Waals surface area contributed by atoms with Gasteiger partial charge in [-0.05, 0) is 36.3 Å². The number of rotatable bonds is 3. The van der Waals surface area contributed by atoms with E-state index >= 15 is 0 Å². The lowest BCUT2D eigenvalue weighted by atomic mass is 10.00. The molecule has 0 amide bonds. The lowest BCUT2D eigenvalue weighted by molar-refractivity contribution is -0.138. The molecule has 1 heterocycles. The SMILES string of the molecule is CN1CCN(Cc2c(C(=O)Cl)cccc2C(F)(F)F)CC1. The Bertz CT molecular complexity index is 525. The van der Waals surface area contributed by atoms with Gasteiger partial charge in [-0.15, -0.1) is 0 Å². The molecule has 2 rings (SSSR count). The first-order valence-electron chi connectivity index (χ1n) is 6.59. The molecule has 0 unspecified atom stereocenters. The molecule has 0 N–H and O–H groups in total. The van der Waals surface area contributed by atoms with Crippen LogP contribution in [-0.4, -0.2) is 48.3 Å². The first-order chi connectivity index (χ1) is 9.79. The number of halogens is 4. The van der Waals surface area contributed by atoms with Gasteiger partial charge in [0.25, 0.3) is 5.24 Å². The molecule has 0 radical (unpaired) electrons. The van der Waals surface area contributed by atoms with E-state index in [1.54, 1.807) is 0 Å². The molecule has 21 heavy (non-hydrogen) atoms. The topological polar surface area (TPSA) is 23.6 Å². The highest BCUT2D eigenvalue weighted by molar-refractivity contribution is 6.67. The number of carbonyl (C=O) groups is 1. The average Bonchev–Trinajstić information content (AvgIpc) is 2.40. The van der Waals surface area contributed by atoms with E-state index in [2.05, 4.69) is 4.90 Å². The molecule has 0 aromatic heterocycles. The maximum absolute atomic E-state index is 13.1. The average molecular weight is 321 g/mol. The van der Waals surface area contributed by atoms with E-state index in [9.17, 15) is 18.0 Å². The molecule has 0 atom stereocenters. The Morgan fingerprint density at radius 3 is 2.38 bits per heavy atom. The second kappa shape index (κ2) is 6.34. The molecule has 1 aliphatic heterocycles. The molecule has 1 saturated heterocycles. The van der Waals surface area contributed by atoms with Gasteiger partial charge in [0.2, 0.25) is 0 Å². The van der Waals surface area contributed by atoms with Gasteiger partial charge in [0.1, 0.15) is 0 Å². The van der Waals surface area contributed by atoms with E-state index in [4.69, 9.17) is 11.6 Å². The Labute approximate surface area is 126 Å². The number of nitrogens with zero attached hydrogens (tertiary/aromatic N) is 2. The number of hydrogen-bond donors (Lipinski definition) is 0. The van der Waals surface area contributed by atoms with Crippen LogP contribution in [-0.2, 0) is 12.7 Å². The van der Waals surface area contributed by atoms with Crippen LogP contribution in [0.5, 0.6) is 0 Å². The fourth-order valence-electron chi connectivity index (χ4n) is 2.44. The fraction of sp³-hybridized carbons (Fsp3) is 0.500. The zero-order valence-electron chi connectivity index (χ0n) is 11.6. The van der Waals surface area contributed by atoms with Gasteiger partial charge >= 0.3 is 6.18 Å². The lowest BCUT2D eigenvalue weighted by Gasteiger charge is -2.33. The summed E-state index contributed by atoms with van der Waals surface area (Å²) in [6.07, 6.45) is -4.50. The van der Waals surface area contributed by atoms with E-state index in [-0.39, 0.29) is 17.7 Å². The van der Waals surface area contributed by atoms with Crippen molar-refractivity contribution in [3.8, 4) is 0 Å². The second-order valence-corrected chi connectivity index (χ2v) is 5.53. The Morgan fingerprint density at radius 1 is 1.24 bits per heavy atom. The summed E-state index contributed by atoms with van der Waals surface area (Å²) in [4.78, 5) is 15.4. The number of piperazine rings is 1. The quantitative estimate of drug-likeness (QED) is 0.800. The van der Waals surface area contributed by atoms with Crippen molar-refractivity contribution in [2.75, 3.05) is 33.2 Å². The molecule has 0 bridgehead atoms. The number of likely N-dealkylation sites (N-methyl/N-ethyl adjacent to an activating group) is 1. The van der Waals surface area contributed by atoms with E-state index in [1.807, 2.05) is 11.9 Å². The number of benzene rings is 1. The number of hydrogen-bond acceptors (Lipinski definition) is 3. The summed E-state index contributed by atoms with van der Waals surface area (Å²) >= 11 is 5.44. The van der Waals surface area contributed by atoms with Gasteiger partial charge < -0.3 is 4.90 Å². The summed E-state index contributed by atoms with van der Waals surface area (Å²) in [5, 5.41) is -0.856. The molecule has 1 fully saturated rings. The van der Waals surface area contributed by atoms with Crippen LogP contribution in [0.25, 0.3) is 0 Å². The van der Waals surface area contributed by atoms with Gasteiger partial charge in [0, 0.05) is 38.3 Å². The van der Waals surface area contributed by atoms with Crippen molar-refractivity contribution in [1.29, 1.82) is 0 Å². The van der Waals surface area contributed by atoms with Crippen LogP contribution in [0.2, 0.25) is 0 Å². The molecule has 7 heteroatoms. The number of carbonyl (C=O) groups excluding carboxylic acids is 1. The minimum atomic E-state index is -4.50. The van der Waals surface area contributed by atoms with Crippen molar-refractivity contribution in [3.05, 3.63) is 34.9 Å². The minimum absolute atomic E-state index is 0.0328. The highest BCUT2D eigenvalue weighted by atomic mass is 35.5. The summed E-state index contributed by atoms with van der Waals surface area (Å²) in [5.74, 6) is 0. The van der Waals surface area contributed by atoms with Crippen LogP contribution in [0.15, 0.2) is 18.2 Å². The fourth-order valence-corrected chi connectivity index (χ4v) is 2.61. The molecular formula is C14H16ClF3N2O. The third kappa shape index (κ3) is 3.96. The van der Waals surface area contributed by atoms with Gasteiger partial charge in [0.05, 0.1) is 5.56 Å². The zero-order valence-corrected chi connectivity index (χ0v) is 12.3. The van der Waals surface area contributed by atoms with E-state index in [0.717, 1.165) is 19.2 Å². The molecule has 1 aromatic carbocycles. The molecule has 0 aliphatic carbocycles. The molecule has 0 spiro atoms.